The van der Waals surface area contributed by atoms with E-state index in [2.05, 4.69) is 58.8 Å². The van der Waals surface area contributed by atoms with Gasteiger partial charge in [0, 0.05) is 23.5 Å². The van der Waals surface area contributed by atoms with E-state index in [1.165, 1.54) is 27.6 Å². The van der Waals surface area contributed by atoms with Crippen molar-refractivity contribution in [3.05, 3.63) is 72.1 Å². The Morgan fingerprint density at radius 1 is 1.00 bits per heavy atom. The number of benzene rings is 2. The van der Waals surface area contributed by atoms with Gasteiger partial charge in [-0.25, -0.2) is 0 Å². The zero-order valence-electron chi connectivity index (χ0n) is 10.5. The summed E-state index contributed by atoms with van der Waals surface area (Å²) >= 11 is 0. The molecule has 2 heteroatoms. The summed E-state index contributed by atoms with van der Waals surface area (Å²) in [5.41, 5.74) is 3.99. The van der Waals surface area contributed by atoms with Crippen molar-refractivity contribution in [2.75, 3.05) is 5.32 Å². The molecule has 1 atom stereocenters. The van der Waals surface area contributed by atoms with Crippen LogP contribution in [-0.2, 0) is 6.42 Å². The Hall–Kier alpha value is -2.35. The van der Waals surface area contributed by atoms with Crippen molar-refractivity contribution >= 4 is 16.5 Å². The number of fused-ring (bicyclic) bond motifs is 2. The van der Waals surface area contributed by atoms with Gasteiger partial charge in [0.05, 0.1) is 6.04 Å². The average molecular weight is 246 g/mol. The Morgan fingerprint density at radius 3 is 2.89 bits per heavy atom. The summed E-state index contributed by atoms with van der Waals surface area (Å²) in [6.45, 7) is 0. The maximum Gasteiger partial charge on any atom is 0.0561 e. The second kappa shape index (κ2) is 4.09. The van der Waals surface area contributed by atoms with E-state index < -0.39 is 0 Å². The van der Waals surface area contributed by atoms with Crippen LogP contribution >= 0.6 is 0 Å². The Kier molecular flexibility index (Phi) is 2.27. The fourth-order valence-corrected chi connectivity index (χ4v) is 2.93. The van der Waals surface area contributed by atoms with E-state index in [0.717, 1.165) is 6.42 Å². The third kappa shape index (κ3) is 1.68. The molecule has 0 aliphatic carbocycles. The van der Waals surface area contributed by atoms with Gasteiger partial charge in [-0.2, -0.15) is 0 Å². The van der Waals surface area contributed by atoms with E-state index in [-0.39, 0.29) is 0 Å². The van der Waals surface area contributed by atoms with Crippen molar-refractivity contribution in [1.82, 2.24) is 4.98 Å². The Morgan fingerprint density at radius 2 is 1.95 bits per heavy atom. The first-order valence-electron chi connectivity index (χ1n) is 6.59. The van der Waals surface area contributed by atoms with Crippen molar-refractivity contribution in [3.8, 4) is 0 Å². The minimum Gasteiger partial charge on any atom is -0.378 e. The first-order chi connectivity index (χ1) is 9.42. The van der Waals surface area contributed by atoms with E-state index in [1.54, 1.807) is 0 Å². The molecule has 92 valence electrons. The topological polar surface area (TPSA) is 24.9 Å². The lowest BCUT2D eigenvalue weighted by molar-refractivity contribution is 0.832. The zero-order chi connectivity index (χ0) is 12.7. The summed E-state index contributed by atoms with van der Waals surface area (Å²) < 4.78 is 0. The monoisotopic (exact) mass is 246 g/mol. The van der Waals surface area contributed by atoms with Gasteiger partial charge in [0.1, 0.15) is 0 Å². The van der Waals surface area contributed by atoms with Crippen LogP contribution in [0.15, 0.2) is 60.9 Å². The molecule has 0 bridgehead atoms. The molecule has 2 heterocycles. The van der Waals surface area contributed by atoms with Crippen LogP contribution in [0.1, 0.15) is 17.2 Å². The van der Waals surface area contributed by atoms with Gasteiger partial charge in [0.2, 0.25) is 0 Å². The summed E-state index contributed by atoms with van der Waals surface area (Å²) in [7, 11) is 0. The van der Waals surface area contributed by atoms with Crippen LogP contribution in [0.2, 0.25) is 0 Å². The number of nitrogens with zero attached hydrogens (tertiary/aromatic N) is 1. The molecular weight excluding hydrogens is 232 g/mol. The number of hydrogen-bond donors (Lipinski definition) is 1. The number of rotatable bonds is 1. The maximum atomic E-state index is 4.27. The highest BCUT2D eigenvalue weighted by Gasteiger charge is 2.22. The molecule has 0 saturated carbocycles. The van der Waals surface area contributed by atoms with Gasteiger partial charge >= 0.3 is 0 Å². The van der Waals surface area contributed by atoms with Gasteiger partial charge < -0.3 is 5.32 Å². The second-order valence-corrected chi connectivity index (χ2v) is 5.00. The van der Waals surface area contributed by atoms with Gasteiger partial charge in [0.25, 0.3) is 0 Å². The summed E-state index contributed by atoms with van der Waals surface area (Å²) in [5.74, 6) is 0. The molecule has 4 rings (SSSR count). The summed E-state index contributed by atoms with van der Waals surface area (Å²) in [5, 5.41) is 6.12. The Balaban J connectivity index is 1.81. The van der Waals surface area contributed by atoms with E-state index in [1.807, 2.05) is 12.4 Å². The van der Waals surface area contributed by atoms with Crippen molar-refractivity contribution < 1.29 is 0 Å². The van der Waals surface area contributed by atoms with Gasteiger partial charge in [-0.1, -0.05) is 36.4 Å². The van der Waals surface area contributed by atoms with Crippen LogP contribution in [0.3, 0.4) is 0 Å². The standard InChI is InChI=1S/C17H14N2/c1-2-7-16-13(4-1)10-17(19-16)14-6-3-5-12-8-9-18-11-15(12)14/h1-9,11,17,19H,10H2. The first kappa shape index (κ1) is 10.6. The van der Waals surface area contributed by atoms with Crippen molar-refractivity contribution in [2.24, 2.45) is 0 Å². The lowest BCUT2D eigenvalue weighted by Gasteiger charge is -2.14. The summed E-state index contributed by atoms with van der Waals surface area (Å²) in [6, 6.07) is 17.4. The molecule has 1 aliphatic rings. The molecule has 0 saturated heterocycles. The van der Waals surface area contributed by atoms with Gasteiger partial charge in [-0.3, -0.25) is 4.98 Å². The van der Waals surface area contributed by atoms with Crippen molar-refractivity contribution in [2.45, 2.75) is 12.5 Å². The average Bonchev–Trinajstić information content (AvgIpc) is 2.90. The number of para-hydroxylation sites is 1. The van der Waals surface area contributed by atoms with E-state index >= 15 is 0 Å². The first-order valence-corrected chi connectivity index (χ1v) is 6.59. The van der Waals surface area contributed by atoms with Crippen molar-refractivity contribution in [1.29, 1.82) is 0 Å². The Bertz CT molecular complexity index is 719. The highest BCUT2D eigenvalue weighted by atomic mass is 14.9. The SMILES string of the molecule is c1ccc2c(c1)CC(c1cccc3ccncc13)N2. The van der Waals surface area contributed by atoms with Crippen LogP contribution in [0, 0.1) is 0 Å². The lowest BCUT2D eigenvalue weighted by Crippen LogP contribution is -2.06. The van der Waals surface area contributed by atoms with Crippen molar-refractivity contribution in [3.63, 3.8) is 0 Å². The second-order valence-electron chi connectivity index (χ2n) is 5.00. The molecular formula is C17H14N2. The minimum absolute atomic E-state index is 0.352. The van der Waals surface area contributed by atoms with Crippen LogP contribution < -0.4 is 5.32 Å². The molecule has 2 aromatic carbocycles. The molecule has 1 N–H and O–H groups in total. The molecule has 1 aliphatic heterocycles. The number of hydrogen-bond acceptors (Lipinski definition) is 2. The Labute approximate surface area is 112 Å². The molecule has 19 heavy (non-hydrogen) atoms. The number of nitrogens with one attached hydrogen (secondary N) is 1. The fraction of sp³-hybridized carbons (Fsp3) is 0.118. The number of anilines is 1. The predicted molar refractivity (Wildman–Crippen MR) is 78.3 cm³/mol. The smallest absolute Gasteiger partial charge is 0.0561 e. The lowest BCUT2D eigenvalue weighted by atomic mass is 9.98. The van der Waals surface area contributed by atoms with E-state index in [9.17, 15) is 0 Å². The van der Waals surface area contributed by atoms with E-state index in [4.69, 9.17) is 0 Å². The molecule has 1 unspecified atom stereocenters. The number of aromatic nitrogens is 1. The normalized spacial score (nSPS) is 17.2. The molecule has 1 aromatic heterocycles. The summed E-state index contributed by atoms with van der Waals surface area (Å²) in [6.07, 6.45) is 4.86. The van der Waals surface area contributed by atoms with E-state index in [0.29, 0.717) is 6.04 Å². The van der Waals surface area contributed by atoms with Gasteiger partial charge in [-0.05, 0) is 35.1 Å². The third-order valence-corrected chi connectivity index (χ3v) is 3.86. The van der Waals surface area contributed by atoms with Crippen LogP contribution in [0.5, 0.6) is 0 Å². The molecule has 0 amide bonds. The van der Waals surface area contributed by atoms with Crippen LogP contribution in [0.4, 0.5) is 5.69 Å². The fourth-order valence-electron chi connectivity index (χ4n) is 2.93. The van der Waals surface area contributed by atoms with Crippen LogP contribution in [-0.4, -0.2) is 4.98 Å². The van der Waals surface area contributed by atoms with Gasteiger partial charge in [-0.15, -0.1) is 0 Å². The molecule has 0 radical (unpaired) electrons. The molecule has 2 nitrogen and oxygen atoms in total. The third-order valence-electron chi connectivity index (χ3n) is 3.86. The summed E-state index contributed by atoms with van der Waals surface area (Å²) in [4.78, 5) is 4.27. The number of pyridine rings is 1. The molecule has 3 aromatic rings. The highest BCUT2D eigenvalue weighted by Crippen LogP contribution is 2.36. The largest absolute Gasteiger partial charge is 0.378 e. The van der Waals surface area contributed by atoms with Crippen LogP contribution in [0.25, 0.3) is 10.8 Å². The quantitative estimate of drug-likeness (QED) is 0.703. The highest BCUT2D eigenvalue weighted by molar-refractivity contribution is 5.86. The predicted octanol–water partition coefficient (Wildman–Crippen LogP) is 3.94. The minimum atomic E-state index is 0.352. The maximum absolute atomic E-state index is 4.27. The zero-order valence-corrected chi connectivity index (χ0v) is 10.5. The molecule has 0 spiro atoms. The van der Waals surface area contributed by atoms with Gasteiger partial charge in [0.15, 0.2) is 0 Å². The molecule has 0 fully saturated rings.